The van der Waals surface area contributed by atoms with Crippen LogP contribution < -0.4 is 5.32 Å². The number of hydrogen-bond acceptors (Lipinski definition) is 2. The normalized spacial score (nSPS) is 11.1. The number of amides is 1. The first-order valence-electron chi connectivity index (χ1n) is 8.23. The smallest absolute Gasteiger partial charge is 0.256 e. The summed E-state index contributed by atoms with van der Waals surface area (Å²) in [7, 11) is 1.58. The molecule has 136 valence electrons. The van der Waals surface area contributed by atoms with Gasteiger partial charge in [0, 0.05) is 26.9 Å². The summed E-state index contributed by atoms with van der Waals surface area (Å²) in [5.74, 6) is -0.219. The fraction of sp³-hybridized carbons (Fsp3) is 0.0455. The van der Waals surface area contributed by atoms with Crippen LogP contribution >= 0.6 is 23.2 Å². The van der Waals surface area contributed by atoms with Crippen LogP contribution in [0.3, 0.4) is 0 Å². The van der Waals surface area contributed by atoms with Crippen LogP contribution in [0.2, 0.25) is 10.0 Å². The molecule has 0 saturated carbocycles. The Morgan fingerprint density at radius 2 is 1.41 bits per heavy atom. The Hall–Kier alpha value is -2.75. The van der Waals surface area contributed by atoms with Gasteiger partial charge in [0.25, 0.3) is 5.91 Å². The molecule has 3 aromatic rings. The average Bonchev–Trinajstić information content (AvgIpc) is 2.69. The monoisotopic (exact) mass is 397 g/mol. The first kappa shape index (κ1) is 19.0. The fourth-order valence-electron chi connectivity index (χ4n) is 2.68. The zero-order chi connectivity index (χ0) is 19.2. The van der Waals surface area contributed by atoms with Crippen molar-refractivity contribution in [2.24, 2.45) is 0 Å². The highest BCUT2D eigenvalue weighted by Gasteiger charge is 2.16. The van der Waals surface area contributed by atoms with E-state index in [-0.39, 0.29) is 5.91 Å². The summed E-state index contributed by atoms with van der Waals surface area (Å²) in [6.45, 7) is 0. The van der Waals surface area contributed by atoms with Crippen molar-refractivity contribution in [1.29, 1.82) is 0 Å². The van der Waals surface area contributed by atoms with Gasteiger partial charge < -0.3 is 10.1 Å². The number of nitrogens with one attached hydrogen (secondary N) is 1. The number of rotatable bonds is 5. The first-order chi connectivity index (χ1) is 13.1. The second-order valence-corrected chi connectivity index (χ2v) is 6.65. The van der Waals surface area contributed by atoms with Crippen LogP contribution in [0.4, 0.5) is 5.69 Å². The Morgan fingerprint density at radius 3 is 2.00 bits per heavy atom. The van der Waals surface area contributed by atoms with E-state index in [4.69, 9.17) is 27.9 Å². The second-order valence-electron chi connectivity index (χ2n) is 5.78. The standard InChI is InChI=1S/C22H17Cl2NO2/c1-27-14-21(15-6-8-16(23)9-7-15)19-4-2-3-5-20(19)22(26)25-18-12-10-17(24)11-13-18/h2-14H,1H3,(H,25,26)/b21-14+. The van der Waals surface area contributed by atoms with E-state index in [9.17, 15) is 4.79 Å². The Kier molecular flexibility index (Phi) is 6.17. The summed E-state index contributed by atoms with van der Waals surface area (Å²) in [6, 6.07) is 21.7. The lowest BCUT2D eigenvalue weighted by atomic mass is 9.94. The third kappa shape index (κ3) is 4.70. The molecule has 5 heteroatoms. The average molecular weight is 398 g/mol. The van der Waals surface area contributed by atoms with E-state index in [0.29, 0.717) is 21.3 Å². The van der Waals surface area contributed by atoms with Gasteiger partial charge in [-0.15, -0.1) is 0 Å². The highest BCUT2D eigenvalue weighted by Crippen LogP contribution is 2.28. The molecular formula is C22H17Cl2NO2. The van der Waals surface area contributed by atoms with Crippen molar-refractivity contribution in [2.45, 2.75) is 0 Å². The van der Waals surface area contributed by atoms with Gasteiger partial charge in [-0.3, -0.25) is 4.79 Å². The van der Waals surface area contributed by atoms with Crippen molar-refractivity contribution in [3.8, 4) is 0 Å². The van der Waals surface area contributed by atoms with Gasteiger partial charge in [-0.05, 0) is 53.6 Å². The maximum absolute atomic E-state index is 12.9. The maximum atomic E-state index is 12.9. The van der Waals surface area contributed by atoms with Crippen LogP contribution in [-0.4, -0.2) is 13.0 Å². The molecule has 0 spiro atoms. The molecule has 0 aromatic heterocycles. The summed E-state index contributed by atoms with van der Waals surface area (Å²) < 4.78 is 5.27. The quantitative estimate of drug-likeness (QED) is 0.514. The van der Waals surface area contributed by atoms with Crippen LogP contribution in [-0.2, 0) is 4.74 Å². The van der Waals surface area contributed by atoms with Crippen LogP contribution in [0.25, 0.3) is 5.57 Å². The number of ether oxygens (including phenoxy) is 1. The molecule has 27 heavy (non-hydrogen) atoms. The van der Waals surface area contributed by atoms with E-state index < -0.39 is 0 Å². The molecule has 3 rings (SSSR count). The van der Waals surface area contributed by atoms with Gasteiger partial charge in [-0.1, -0.05) is 53.5 Å². The molecule has 0 fully saturated rings. The number of halogens is 2. The largest absolute Gasteiger partial charge is 0.504 e. The van der Waals surface area contributed by atoms with Gasteiger partial charge in [-0.2, -0.15) is 0 Å². The van der Waals surface area contributed by atoms with Gasteiger partial charge in [0.15, 0.2) is 0 Å². The third-order valence-corrected chi connectivity index (χ3v) is 4.46. The van der Waals surface area contributed by atoms with Crippen molar-refractivity contribution in [3.63, 3.8) is 0 Å². The van der Waals surface area contributed by atoms with Gasteiger partial charge in [0.1, 0.15) is 0 Å². The number of benzene rings is 3. The third-order valence-electron chi connectivity index (χ3n) is 3.95. The van der Waals surface area contributed by atoms with Crippen LogP contribution in [0.15, 0.2) is 79.1 Å². The SMILES string of the molecule is CO/C=C(\c1ccc(Cl)cc1)c1ccccc1C(=O)Nc1ccc(Cl)cc1. The predicted octanol–water partition coefficient (Wildman–Crippen LogP) is 6.28. The van der Waals surface area contributed by atoms with E-state index in [0.717, 1.165) is 16.7 Å². The molecule has 1 amide bonds. The lowest BCUT2D eigenvalue weighted by Gasteiger charge is -2.14. The zero-order valence-electron chi connectivity index (χ0n) is 14.6. The van der Waals surface area contributed by atoms with Gasteiger partial charge >= 0.3 is 0 Å². The molecule has 1 N–H and O–H groups in total. The number of carbonyl (C=O) groups is 1. The molecule has 3 aromatic carbocycles. The van der Waals surface area contributed by atoms with Crippen molar-refractivity contribution < 1.29 is 9.53 Å². The minimum absolute atomic E-state index is 0.219. The molecule has 0 atom stereocenters. The van der Waals surface area contributed by atoms with Gasteiger partial charge in [-0.25, -0.2) is 0 Å². The summed E-state index contributed by atoms with van der Waals surface area (Å²) in [6.07, 6.45) is 1.62. The lowest BCUT2D eigenvalue weighted by molar-refractivity contribution is 0.102. The second kappa shape index (κ2) is 8.76. The van der Waals surface area contributed by atoms with Crippen molar-refractivity contribution in [1.82, 2.24) is 0 Å². The van der Waals surface area contributed by atoms with E-state index in [1.807, 2.05) is 30.3 Å². The van der Waals surface area contributed by atoms with E-state index >= 15 is 0 Å². The van der Waals surface area contributed by atoms with Crippen molar-refractivity contribution in [3.05, 3.63) is 106 Å². The molecule has 0 aliphatic heterocycles. The topological polar surface area (TPSA) is 38.3 Å². The van der Waals surface area contributed by atoms with E-state index in [1.54, 1.807) is 55.8 Å². The maximum Gasteiger partial charge on any atom is 0.256 e. The molecule has 0 saturated heterocycles. The van der Waals surface area contributed by atoms with Crippen LogP contribution in [0.5, 0.6) is 0 Å². The van der Waals surface area contributed by atoms with Gasteiger partial charge in [0.2, 0.25) is 0 Å². The molecule has 0 bridgehead atoms. The molecule has 0 heterocycles. The van der Waals surface area contributed by atoms with Gasteiger partial charge in [0.05, 0.1) is 13.4 Å². The first-order valence-corrected chi connectivity index (χ1v) is 8.99. The number of hydrogen-bond donors (Lipinski definition) is 1. The highest BCUT2D eigenvalue weighted by molar-refractivity contribution is 6.31. The zero-order valence-corrected chi connectivity index (χ0v) is 16.1. The molecule has 3 nitrogen and oxygen atoms in total. The molecular weight excluding hydrogens is 381 g/mol. The molecule has 0 aliphatic rings. The highest BCUT2D eigenvalue weighted by atomic mass is 35.5. The summed E-state index contributed by atoms with van der Waals surface area (Å²) in [5.41, 5.74) is 3.64. The number of methoxy groups -OCH3 is 1. The Bertz CT molecular complexity index is 964. The molecule has 0 unspecified atom stereocenters. The van der Waals surface area contributed by atoms with Crippen molar-refractivity contribution in [2.75, 3.05) is 12.4 Å². The number of carbonyl (C=O) groups excluding carboxylic acids is 1. The predicted molar refractivity (Wildman–Crippen MR) is 111 cm³/mol. The Labute approximate surface area is 168 Å². The van der Waals surface area contributed by atoms with Crippen molar-refractivity contribution >= 4 is 40.4 Å². The lowest BCUT2D eigenvalue weighted by Crippen LogP contribution is -2.14. The Balaban J connectivity index is 1.98. The minimum atomic E-state index is -0.219. The van der Waals surface area contributed by atoms with E-state index in [1.165, 1.54) is 0 Å². The van der Waals surface area contributed by atoms with Crippen LogP contribution in [0, 0.1) is 0 Å². The molecule has 0 radical (unpaired) electrons. The Morgan fingerprint density at radius 1 is 0.852 bits per heavy atom. The fourth-order valence-corrected chi connectivity index (χ4v) is 2.93. The minimum Gasteiger partial charge on any atom is -0.504 e. The van der Waals surface area contributed by atoms with Crippen LogP contribution in [0.1, 0.15) is 21.5 Å². The number of anilines is 1. The van der Waals surface area contributed by atoms with E-state index in [2.05, 4.69) is 5.32 Å². The summed E-state index contributed by atoms with van der Waals surface area (Å²) in [4.78, 5) is 12.9. The molecule has 0 aliphatic carbocycles. The summed E-state index contributed by atoms with van der Waals surface area (Å²) in [5, 5.41) is 4.15. The summed E-state index contributed by atoms with van der Waals surface area (Å²) >= 11 is 11.9.